The first-order chi connectivity index (χ1) is 11.1. The van der Waals surface area contributed by atoms with E-state index in [0.29, 0.717) is 12.1 Å². The van der Waals surface area contributed by atoms with Gasteiger partial charge in [0.25, 0.3) is 15.9 Å². The summed E-state index contributed by atoms with van der Waals surface area (Å²) < 4.78 is 26.3. The third kappa shape index (κ3) is 4.18. The summed E-state index contributed by atoms with van der Waals surface area (Å²) in [4.78, 5) is 12.7. The maximum Gasteiger partial charge on any atom is 0.282 e. The molecule has 0 bridgehead atoms. The maximum absolute atomic E-state index is 12.8. The van der Waals surface area contributed by atoms with Crippen LogP contribution in [0.1, 0.15) is 30.1 Å². The molecule has 0 aliphatic rings. The molecule has 0 fully saturated rings. The molecule has 0 aliphatic carbocycles. The molecular formula is C17H20N2O3S. The summed E-state index contributed by atoms with van der Waals surface area (Å²) in [6.07, 6.45) is 1.66. The number of nitrogens with one attached hydrogen (secondary N) is 1. The highest BCUT2D eigenvalue weighted by Gasteiger charge is 2.29. The second-order valence-corrected chi connectivity index (χ2v) is 6.80. The van der Waals surface area contributed by atoms with E-state index in [4.69, 9.17) is 0 Å². The van der Waals surface area contributed by atoms with Crippen LogP contribution in [0, 0.1) is 0 Å². The number of sulfonamides is 1. The van der Waals surface area contributed by atoms with Crippen molar-refractivity contribution in [1.82, 2.24) is 9.84 Å². The number of hydrazine groups is 1. The molecule has 0 saturated heterocycles. The zero-order valence-electron chi connectivity index (χ0n) is 13.0. The van der Waals surface area contributed by atoms with Gasteiger partial charge in [-0.1, -0.05) is 49.7 Å². The smallest absolute Gasteiger partial charge is 0.266 e. The van der Waals surface area contributed by atoms with Gasteiger partial charge < -0.3 is 0 Å². The lowest BCUT2D eigenvalue weighted by Crippen LogP contribution is -2.47. The van der Waals surface area contributed by atoms with Crippen LogP contribution in [0.25, 0.3) is 0 Å². The first-order valence-corrected chi connectivity index (χ1v) is 8.94. The predicted molar refractivity (Wildman–Crippen MR) is 89.2 cm³/mol. The Morgan fingerprint density at radius 3 is 2.13 bits per heavy atom. The molecule has 122 valence electrons. The van der Waals surface area contributed by atoms with Crippen LogP contribution in [-0.2, 0) is 10.0 Å². The number of nitrogens with zero attached hydrogens (tertiary/aromatic N) is 1. The SMILES string of the molecule is CCCCNN(C(=O)c1ccccc1)S(=O)(=O)c1ccccc1. The molecule has 23 heavy (non-hydrogen) atoms. The fourth-order valence-corrected chi connectivity index (χ4v) is 3.32. The molecule has 2 rings (SSSR count). The van der Waals surface area contributed by atoms with Crippen molar-refractivity contribution in [1.29, 1.82) is 0 Å². The number of amides is 1. The highest BCUT2D eigenvalue weighted by molar-refractivity contribution is 7.89. The summed E-state index contributed by atoms with van der Waals surface area (Å²) in [7, 11) is -3.96. The van der Waals surface area contributed by atoms with Crippen LogP contribution in [0.3, 0.4) is 0 Å². The van der Waals surface area contributed by atoms with E-state index in [1.54, 1.807) is 48.5 Å². The summed E-state index contributed by atoms with van der Waals surface area (Å²) >= 11 is 0. The van der Waals surface area contributed by atoms with Gasteiger partial charge in [-0.2, -0.15) is 12.8 Å². The quantitative estimate of drug-likeness (QED) is 0.625. The Morgan fingerprint density at radius 1 is 1.00 bits per heavy atom. The number of carbonyl (C=O) groups is 1. The van der Waals surface area contributed by atoms with Crippen molar-refractivity contribution in [3.05, 3.63) is 66.2 Å². The van der Waals surface area contributed by atoms with E-state index in [9.17, 15) is 13.2 Å². The molecule has 0 aliphatic heterocycles. The minimum atomic E-state index is -3.96. The third-order valence-corrected chi connectivity index (χ3v) is 4.92. The minimum absolute atomic E-state index is 0.0771. The van der Waals surface area contributed by atoms with Gasteiger partial charge >= 0.3 is 0 Å². The molecule has 1 N–H and O–H groups in total. The zero-order chi connectivity index (χ0) is 16.7. The molecule has 0 aromatic heterocycles. The van der Waals surface area contributed by atoms with Gasteiger partial charge in [-0.15, -0.1) is 0 Å². The Morgan fingerprint density at radius 2 is 1.57 bits per heavy atom. The van der Waals surface area contributed by atoms with Gasteiger partial charge in [0.05, 0.1) is 4.90 Å². The monoisotopic (exact) mass is 332 g/mol. The van der Waals surface area contributed by atoms with Gasteiger partial charge in [-0.25, -0.2) is 5.43 Å². The van der Waals surface area contributed by atoms with Crippen LogP contribution in [0.5, 0.6) is 0 Å². The van der Waals surface area contributed by atoms with Gasteiger partial charge in [0, 0.05) is 12.1 Å². The second kappa shape index (κ2) is 7.89. The summed E-state index contributed by atoms with van der Waals surface area (Å²) in [5.74, 6) is -0.592. The normalized spacial score (nSPS) is 11.2. The van der Waals surface area contributed by atoms with Crippen LogP contribution in [0.15, 0.2) is 65.6 Å². The van der Waals surface area contributed by atoms with Crippen molar-refractivity contribution in [3.63, 3.8) is 0 Å². The van der Waals surface area contributed by atoms with Gasteiger partial charge in [0.1, 0.15) is 0 Å². The van der Waals surface area contributed by atoms with Crippen LogP contribution in [-0.4, -0.2) is 25.3 Å². The highest BCUT2D eigenvalue weighted by atomic mass is 32.2. The van der Waals surface area contributed by atoms with Gasteiger partial charge in [0.15, 0.2) is 0 Å². The molecule has 6 heteroatoms. The maximum atomic E-state index is 12.8. The Balaban J connectivity index is 2.36. The fourth-order valence-electron chi connectivity index (χ4n) is 2.02. The Bertz CT molecular complexity index is 731. The van der Waals surface area contributed by atoms with Crippen molar-refractivity contribution < 1.29 is 13.2 Å². The summed E-state index contributed by atoms with van der Waals surface area (Å²) in [5.41, 5.74) is 3.07. The topological polar surface area (TPSA) is 66.5 Å². The average Bonchev–Trinajstić information content (AvgIpc) is 2.59. The van der Waals surface area contributed by atoms with Gasteiger partial charge in [0.2, 0.25) is 0 Å². The molecule has 0 radical (unpaired) electrons. The van der Waals surface area contributed by atoms with Crippen LogP contribution >= 0.6 is 0 Å². The average molecular weight is 332 g/mol. The third-order valence-electron chi connectivity index (χ3n) is 3.27. The lowest BCUT2D eigenvalue weighted by Gasteiger charge is -2.23. The van der Waals surface area contributed by atoms with Crippen LogP contribution in [0.4, 0.5) is 0 Å². The van der Waals surface area contributed by atoms with Gasteiger partial charge in [-0.05, 0) is 30.7 Å². The Hall–Kier alpha value is -2.18. The molecule has 0 saturated carbocycles. The number of hydrogen-bond acceptors (Lipinski definition) is 4. The van der Waals surface area contributed by atoms with Crippen molar-refractivity contribution in [2.45, 2.75) is 24.7 Å². The van der Waals surface area contributed by atoms with Crippen molar-refractivity contribution in [2.24, 2.45) is 0 Å². The summed E-state index contributed by atoms with van der Waals surface area (Å²) in [5, 5.41) is 0. The van der Waals surface area contributed by atoms with E-state index in [2.05, 4.69) is 5.43 Å². The van der Waals surface area contributed by atoms with E-state index in [-0.39, 0.29) is 4.90 Å². The van der Waals surface area contributed by atoms with E-state index >= 15 is 0 Å². The molecule has 0 heterocycles. The first-order valence-electron chi connectivity index (χ1n) is 7.50. The minimum Gasteiger partial charge on any atom is -0.266 e. The largest absolute Gasteiger partial charge is 0.282 e. The fraction of sp³-hybridized carbons (Fsp3) is 0.235. The molecule has 2 aromatic carbocycles. The number of hydrogen-bond donors (Lipinski definition) is 1. The van der Waals surface area contributed by atoms with Crippen LogP contribution in [0.2, 0.25) is 0 Å². The second-order valence-electron chi connectivity index (χ2n) is 5.02. The molecule has 1 amide bonds. The standard InChI is InChI=1S/C17H20N2O3S/c1-2-3-14-18-19(17(20)15-10-6-4-7-11-15)23(21,22)16-12-8-5-9-13-16/h4-13,18H,2-3,14H2,1H3. The lowest BCUT2D eigenvalue weighted by atomic mass is 10.2. The molecule has 2 aromatic rings. The Labute approximate surface area is 137 Å². The van der Waals surface area contributed by atoms with Gasteiger partial charge in [-0.3, -0.25) is 4.79 Å². The summed E-state index contributed by atoms with van der Waals surface area (Å²) in [6, 6.07) is 16.3. The van der Waals surface area contributed by atoms with E-state index < -0.39 is 15.9 Å². The highest BCUT2D eigenvalue weighted by Crippen LogP contribution is 2.16. The van der Waals surface area contributed by atoms with E-state index in [1.165, 1.54) is 12.1 Å². The predicted octanol–water partition coefficient (Wildman–Crippen LogP) is 2.82. The van der Waals surface area contributed by atoms with Crippen LogP contribution < -0.4 is 5.43 Å². The lowest BCUT2D eigenvalue weighted by molar-refractivity contribution is 0.0810. The number of carbonyl (C=O) groups excluding carboxylic acids is 1. The molecule has 0 atom stereocenters. The number of unbranched alkanes of at least 4 members (excludes halogenated alkanes) is 1. The molecule has 0 unspecified atom stereocenters. The zero-order valence-corrected chi connectivity index (χ0v) is 13.8. The Kier molecular flexibility index (Phi) is 5.90. The van der Waals surface area contributed by atoms with Crippen molar-refractivity contribution >= 4 is 15.9 Å². The van der Waals surface area contributed by atoms with Crippen molar-refractivity contribution in [2.75, 3.05) is 6.54 Å². The summed E-state index contributed by atoms with van der Waals surface area (Å²) in [6.45, 7) is 2.40. The molecule has 5 nitrogen and oxygen atoms in total. The first kappa shape index (κ1) is 17.2. The molecule has 0 spiro atoms. The number of benzene rings is 2. The van der Waals surface area contributed by atoms with E-state index in [0.717, 1.165) is 17.3 Å². The number of rotatable bonds is 7. The van der Waals surface area contributed by atoms with Crippen molar-refractivity contribution in [3.8, 4) is 0 Å². The molecular weight excluding hydrogens is 312 g/mol. The van der Waals surface area contributed by atoms with E-state index in [1.807, 2.05) is 6.92 Å².